The summed E-state index contributed by atoms with van der Waals surface area (Å²) in [6.45, 7) is 12.2. The Labute approximate surface area is 132 Å². The molecule has 0 aliphatic carbocycles. The van der Waals surface area contributed by atoms with Gasteiger partial charge in [-0.25, -0.2) is 24.2 Å². The van der Waals surface area contributed by atoms with Gasteiger partial charge in [0, 0.05) is 0 Å². The third kappa shape index (κ3) is 8.66. The van der Waals surface area contributed by atoms with Crippen molar-refractivity contribution in [1.82, 2.24) is 0 Å². The number of hydrogen-bond acceptors (Lipinski definition) is 8. The van der Waals surface area contributed by atoms with Gasteiger partial charge in [0.2, 0.25) is 0 Å². The van der Waals surface area contributed by atoms with Crippen LogP contribution in [-0.4, -0.2) is 37.1 Å². The molecule has 0 bridgehead atoms. The van der Waals surface area contributed by atoms with Gasteiger partial charge in [-0.15, -0.1) is 0 Å². The van der Waals surface area contributed by atoms with E-state index in [9.17, 15) is 19.2 Å². The maximum atomic E-state index is 11.3. The van der Waals surface area contributed by atoms with Gasteiger partial charge < -0.3 is 9.47 Å². The molecule has 0 unspecified atom stereocenters. The molecular formula is C15H16O8. The first kappa shape index (κ1) is 19.8. The highest BCUT2D eigenvalue weighted by atomic mass is 17.2. The Balaban J connectivity index is 3.90. The number of esters is 2. The van der Waals surface area contributed by atoms with Gasteiger partial charge in [-0.3, -0.25) is 4.79 Å². The van der Waals surface area contributed by atoms with Crippen LogP contribution in [0.5, 0.6) is 0 Å². The van der Waals surface area contributed by atoms with Gasteiger partial charge in [-0.05, 0) is 0 Å². The third-order valence-electron chi connectivity index (χ3n) is 2.12. The molecule has 0 aliphatic rings. The summed E-state index contributed by atoms with van der Waals surface area (Å²) in [6, 6.07) is 0. The van der Waals surface area contributed by atoms with Crippen molar-refractivity contribution in [2.24, 2.45) is 0 Å². The molecule has 0 saturated heterocycles. The molecule has 0 aromatic rings. The van der Waals surface area contributed by atoms with E-state index in [0.29, 0.717) is 0 Å². The van der Waals surface area contributed by atoms with E-state index < -0.39 is 30.5 Å². The lowest BCUT2D eigenvalue weighted by atomic mass is 10.3. The SMILES string of the molecule is C=CC(=C)C(=O)OCCC(=O)OCC(=O)OOC(=O)C(=C)C=C. The summed E-state index contributed by atoms with van der Waals surface area (Å²) >= 11 is 0. The lowest BCUT2D eigenvalue weighted by molar-refractivity contribution is -0.257. The summed E-state index contributed by atoms with van der Waals surface area (Å²) < 4.78 is 9.18. The number of carbonyl (C=O) groups is 4. The van der Waals surface area contributed by atoms with E-state index in [1.54, 1.807) is 0 Å². The van der Waals surface area contributed by atoms with E-state index in [0.717, 1.165) is 6.08 Å². The van der Waals surface area contributed by atoms with Crippen molar-refractivity contribution < 1.29 is 38.4 Å². The van der Waals surface area contributed by atoms with Crippen LogP contribution in [0.25, 0.3) is 0 Å². The standard InChI is InChI=1S/C15H16O8/c1-5-10(3)14(18)20-8-7-12(16)21-9-13(17)22-23-15(19)11(4)6-2/h5-6H,1-4,7-9H2. The second kappa shape index (κ2) is 10.6. The fourth-order valence-electron chi connectivity index (χ4n) is 0.860. The second-order valence-electron chi connectivity index (χ2n) is 3.83. The van der Waals surface area contributed by atoms with Crippen molar-refractivity contribution in [1.29, 1.82) is 0 Å². The molecular weight excluding hydrogens is 308 g/mol. The number of rotatable bonds is 9. The minimum atomic E-state index is -1.11. The predicted molar refractivity (Wildman–Crippen MR) is 77.4 cm³/mol. The topological polar surface area (TPSA) is 105 Å². The molecule has 0 aromatic heterocycles. The molecule has 0 N–H and O–H groups in total. The van der Waals surface area contributed by atoms with E-state index in [-0.39, 0.29) is 24.2 Å². The van der Waals surface area contributed by atoms with E-state index in [2.05, 4.69) is 45.6 Å². The van der Waals surface area contributed by atoms with Gasteiger partial charge in [0.25, 0.3) is 0 Å². The molecule has 0 atom stereocenters. The van der Waals surface area contributed by atoms with Crippen LogP contribution in [0.3, 0.4) is 0 Å². The fraction of sp³-hybridized carbons (Fsp3) is 0.200. The van der Waals surface area contributed by atoms with Crippen molar-refractivity contribution in [3.8, 4) is 0 Å². The van der Waals surface area contributed by atoms with Crippen molar-refractivity contribution in [3.05, 3.63) is 49.6 Å². The quantitative estimate of drug-likeness (QED) is 0.203. The van der Waals surface area contributed by atoms with Crippen LogP contribution < -0.4 is 0 Å². The predicted octanol–water partition coefficient (Wildman–Crippen LogP) is 0.949. The van der Waals surface area contributed by atoms with Crippen LogP contribution in [0.1, 0.15) is 6.42 Å². The molecule has 8 nitrogen and oxygen atoms in total. The molecule has 0 aliphatic heterocycles. The van der Waals surface area contributed by atoms with Crippen LogP contribution in [0.4, 0.5) is 0 Å². The Morgan fingerprint density at radius 2 is 1.35 bits per heavy atom. The zero-order valence-electron chi connectivity index (χ0n) is 12.4. The van der Waals surface area contributed by atoms with Crippen LogP contribution in [-0.2, 0) is 38.4 Å². The maximum absolute atomic E-state index is 11.3. The number of ether oxygens (including phenoxy) is 2. The molecule has 8 heteroatoms. The van der Waals surface area contributed by atoms with Crippen LogP contribution in [0, 0.1) is 0 Å². The molecule has 0 saturated carbocycles. The van der Waals surface area contributed by atoms with Gasteiger partial charge in [0.05, 0.1) is 17.6 Å². The second-order valence-corrected chi connectivity index (χ2v) is 3.83. The fourth-order valence-corrected chi connectivity index (χ4v) is 0.860. The van der Waals surface area contributed by atoms with Crippen molar-refractivity contribution in [3.63, 3.8) is 0 Å². The Kier molecular flexibility index (Phi) is 9.10. The average molecular weight is 324 g/mol. The third-order valence-corrected chi connectivity index (χ3v) is 2.12. The lowest BCUT2D eigenvalue weighted by Gasteiger charge is -2.06. The highest BCUT2D eigenvalue weighted by Crippen LogP contribution is 1.98. The van der Waals surface area contributed by atoms with Gasteiger partial charge in [0.1, 0.15) is 6.61 Å². The number of hydrogen-bond donors (Lipinski definition) is 0. The minimum absolute atomic E-state index is 0.0462. The first-order chi connectivity index (χ1) is 10.8. The Bertz CT molecular complexity index is 544. The van der Waals surface area contributed by atoms with Crippen LogP contribution >= 0.6 is 0 Å². The van der Waals surface area contributed by atoms with Gasteiger partial charge in [-0.2, -0.15) is 0 Å². The average Bonchev–Trinajstić information content (AvgIpc) is 2.55. The maximum Gasteiger partial charge on any atom is 0.392 e. The minimum Gasteiger partial charge on any atom is -0.461 e. The highest BCUT2D eigenvalue weighted by Gasteiger charge is 2.14. The summed E-state index contributed by atoms with van der Waals surface area (Å²) in [7, 11) is 0. The van der Waals surface area contributed by atoms with Crippen LogP contribution in [0.15, 0.2) is 49.6 Å². The zero-order valence-corrected chi connectivity index (χ0v) is 12.4. The molecule has 23 heavy (non-hydrogen) atoms. The van der Waals surface area contributed by atoms with E-state index in [1.807, 2.05) is 0 Å². The molecule has 0 radical (unpaired) electrons. The molecule has 124 valence electrons. The Morgan fingerprint density at radius 1 is 0.783 bits per heavy atom. The van der Waals surface area contributed by atoms with E-state index in [4.69, 9.17) is 0 Å². The van der Waals surface area contributed by atoms with Gasteiger partial charge >= 0.3 is 23.9 Å². The summed E-state index contributed by atoms with van der Waals surface area (Å²) in [5.41, 5.74) is -0.0670. The monoisotopic (exact) mass is 324 g/mol. The largest absolute Gasteiger partial charge is 0.461 e. The van der Waals surface area contributed by atoms with Gasteiger partial charge in [0.15, 0.2) is 6.61 Å². The molecule has 0 spiro atoms. The Morgan fingerprint density at radius 3 is 1.91 bits per heavy atom. The summed E-state index contributed by atoms with van der Waals surface area (Å²) in [5, 5.41) is 0. The molecule has 0 rings (SSSR count). The van der Waals surface area contributed by atoms with Crippen molar-refractivity contribution in [2.45, 2.75) is 6.42 Å². The summed E-state index contributed by atoms with van der Waals surface area (Å²) in [6.07, 6.45) is 2.04. The molecule has 0 aromatic carbocycles. The normalized spacial score (nSPS) is 9.04. The zero-order chi connectivity index (χ0) is 17.8. The molecule has 0 fully saturated rings. The smallest absolute Gasteiger partial charge is 0.392 e. The van der Waals surface area contributed by atoms with E-state index >= 15 is 0 Å². The van der Waals surface area contributed by atoms with Crippen LogP contribution in [0.2, 0.25) is 0 Å². The summed E-state index contributed by atoms with van der Waals surface area (Å²) in [5.74, 6) is -3.66. The first-order valence-corrected chi connectivity index (χ1v) is 6.19. The van der Waals surface area contributed by atoms with Gasteiger partial charge in [-0.1, -0.05) is 38.5 Å². The van der Waals surface area contributed by atoms with Crippen molar-refractivity contribution >= 4 is 23.9 Å². The molecule has 0 heterocycles. The number of carbonyl (C=O) groups excluding carboxylic acids is 4. The lowest BCUT2D eigenvalue weighted by Crippen LogP contribution is -2.20. The van der Waals surface area contributed by atoms with Crippen molar-refractivity contribution in [2.75, 3.05) is 13.2 Å². The highest BCUT2D eigenvalue weighted by molar-refractivity contribution is 5.91. The Hall–Kier alpha value is -3.16. The molecule has 0 amide bonds. The first-order valence-electron chi connectivity index (χ1n) is 6.19. The summed E-state index contributed by atoms with van der Waals surface area (Å²) in [4.78, 5) is 52.8. The van der Waals surface area contributed by atoms with E-state index in [1.165, 1.54) is 6.08 Å².